The molecule has 0 saturated carbocycles. The zero-order valence-electron chi connectivity index (χ0n) is 16.0. The van der Waals surface area contributed by atoms with Gasteiger partial charge < -0.3 is 15.5 Å². The van der Waals surface area contributed by atoms with Crippen LogP contribution < -0.4 is 15.5 Å². The number of amides is 1. The second kappa shape index (κ2) is 7.26. The number of aryl methyl sites for hydroxylation is 2. The van der Waals surface area contributed by atoms with E-state index in [1.807, 2.05) is 42.3 Å². The van der Waals surface area contributed by atoms with Crippen LogP contribution in [0.4, 0.5) is 23.1 Å². The average Bonchev–Trinajstić information content (AvgIpc) is 2.80. The molecular weight excluding hydrogens is 352 g/mol. The minimum Gasteiger partial charge on any atom is -0.384 e. The lowest BCUT2D eigenvalue weighted by Gasteiger charge is -2.23. The first-order valence-corrected chi connectivity index (χ1v) is 9.28. The second-order valence-electron chi connectivity index (χ2n) is 6.76. The Hall–Kier alpha value is -3.48. The number of carbonyl (C=O) groups is 1. The molecule has 3 aromatic rings. The molecule has 0 bridgehead atoms. The summed E-state index contributed by atoms with van der Waals surface area (Å²) in [6, 6.07) is 9.48. The maximum absolute atomic E-state index is 13.2. The molecule has 0 aliphatic carbocycles. The van der Waals surface area contributed by atoms with Gasteiger partial charge in [0.15, 0.2) is 5.82 Å². The molecule has 1 aliphatic heterocycles. The third-order valence-electron chi connectivity index (χ3n) is 4.98. The van der Waals surface area contributed by atoms with Gasteiger partial charge in [0.2, 0.25) is 0 Å². The van der Waals surface area contributed by atoms with Gasteiger partial charge in [-0.25, -0.2) is 9.97 Å². The zero-order chi connectivity index (χ0) is 19.7. The molecule has 0 spiro atoms. The number of hydrogen-bond donors (Lipinski definition) is 1. The van der Waals surface area contributed by atoms with Crippen molar-refractivity contribution in [3.63, 3.8) is 0 Å². The molecule has 0 radical (unpaired) electrons. The van der Waals surface area contributed by atoms with Crippen molar-refractivity contribution in [2.45, 2.75) is 19.8 Å². The van der Waals surface area contributed by atoms with E-state index in [0.29, 0.717) is 29.6 Å². The van der Waals surface area contributed by atoms with Crippen LogP contribution in [0, 0.1) is 0 Å². The quantitative estimate of drug-likeness (QED) is 0.755. The third kappa shape index (κ3) is 3.15. The first-order chi connectivity index (χ1) is 13.6. The number of aromatic nitrogens is 3. The summed E-state index contributed by atoms with van der Waals surface area (Å²) < 4.78 is 0. The van der Waals surface area contributed by atoms with E-state index >= 15 is 0 Å². The number of hydrogen-bond acceptors (Lipinski definition) is 6. The summed E-state index contributed by atoms with van der Waals surface area (Å²) in [5.41, 5.74) is 9.42. The second-order valence-corrected chi connectivity index (χ2v) is 6.76. The van der Waals surface area contributed by atoms with Crippen LogP contribution in [-0.4, -0.2) is 34.5 Å². The smallest absolute Gasteiger partial charge is 0.261 e. The van der Waals surface area contributed by atoms with E-state index in [1.54, 1.807) is 30.4 Å². The van der Waals surface area contributed by atoms with Crippen molar-refractivity contribution in [3.05, 3.63) is 65.6 Å². The normalized spacial score (nSPS) is 13.1. The fourth-order valence-electron chi connectivity index (χ4n) is 3.45. The van der Waals surface area contributed by atoms with Crippen molar-refractivity contribution in [1.82, 2.24) is 15.0 Å². The highest BCUT2D eigenvalue weighted by Gasteiger charge is 2.30. The molecule has 142 valence electrons. The lowest BCUT2D eigenvalue weighted by atomic mass is 10.0. The van der Waals surface area contributed by atoms with Crippen LogP contribution in [0.15, 0.2) is 48.9 Å². The van der Waals surface area contributed by atoms with E-state index in [2.05, 4.69) is 15.0 Å². The van der Waals surface area contributed by atoms with Crippen LogP contribution in [0.1, 0.15) is 28.4 Å². The minimum atomic E-state index is -0.1000. The molecule has 2 N–H and O–H groups in total. The molecular formula is C21H22N6O. The Balaban J connectivity index is 1.73. The van der Waals surface area contributed by atoms with Gasteiger partial charge >= 0.3 is 0 Å². The predicted molar refractivity (Wildman–Crippen MR) is 110 cm³/mol. The Morgan fingerprint density at radius 2 is 1.79 bits per heavy atom. The van der Waals surface area contributed by atoms with Crippen LogP contribution in [-0.2, 0) is 12.8 Å². The van der Waals surface area contributed by atoms with E-state index in [4.69, 9.17) is 5.73 Å². The molecule has 0 fully saturated rings. The average molecular weight is 374 g/mol. The Morgan fingerprint density at radius 1 is 1.04 bits per heavy atom. The van der Waals surface area contributed by atoms with Gasteiger partial charge in [0.1, 0.15) is 11.6 Å². The van der Waals surface area contributed by atoms with Gasteiger partial charge in [-0.2, -0.15) is 0 Å². The van der Waals surface area contributed by atoms with Gasteiger partial charge in [-0.15, -0.1) is 0 Å². The van der Waals surface area contributed by atoms with E-state index in [-0.39, 0.29) is 5.91 Å². The van der Waals surface area contributed by atoms with Gasteiger partial charge in [-0.3, -0.25) is 9.78 Å². The third-order valence-corrected chi connectivity index (χ3v) is 4.98. The van der Waals surface area contributed by atoms with Gasteiger partial charge in [0.05, 0.1) is 11.3 Å². The largest absolute Gasteiger partial charge is 0.384 e. The maximum Gasteiger partial charge on any atom is 0.261 e. The first kappa shape index (κ1) is 17.9. The van der Waals surface area contributed by atoms with Crippen molar-refractivity contribution in [3.8, 4) is 0 Å². The monoisotopic (exact) mass is 374 g/mol. The number of pyridine rings is 3. The first-order valence-electron chi connectivity index (χ1n) is 9.28. The summed E-state index contributed by atoms with van der Waals surface area (Å²) in [6.45, 7) is 2.63. The summed E-state index contributed by atoms with van der Waals surface area (Å²) in [4.78, 5) is 29.9. The van der Waals surface area contributed by atoms with Crippen molar-refractivity contribution in [1.29, 1.82) is 0 Å². The predicted octanol–water partition coefficient (Wildman–Crippen LogP) is 2.99. The summed E-state index contributed by atoms with van der Waals surface area (Å²) in [6.07, 6.45) is 7.08. The van der Waals surface area contributed by atoms with Crippen LogP contribution in [0.3, 0.4) is 0 Å². The maximum atomic E-state index is 13.2. The zero-order valence-corrected chi connectivity index (χ0v) is 16.0. The lowest BCUT2D eigenvalue weighted by molar-refractivity contribution is 0.0994. The Labute approximate surface area is 163 Å². The summed E-state index contributed by atoms with van der Waals surface area (Å²) in [5, 5.41) is 0. The standard InChI is InChI=1S/C21H22N6O/c1-3-27-19-16(21(28)26(2)17-6-7-18(22)25-20(17)27)12-15(13-24-19)5-4-14-8-10-23-11-9-14/h6-13H,3-5H2,1-2H3,(H2,22,25). The van der Waals surface area contributed by atoms with Gasteiger partial charge in [-0.05, 0) is 61.2 Å². The molecule has 0 saturated heterocycles. The molecule has 4 rings (SSSR count). The number of nitrogens with zero attached hydrogens (tertiary/aromatic N) is 5. The van der Waals surface area contributed by atoms with Gasteiger partial charge in [0.25, 0.3) is 5.91 Å². The molecule has 3 aromatic heterocycles. The van der Waals surface area contributed by atoms with Gasteiger partial charge in [-0.1, -0.05) is 0 Å². The van der Waals surface area contributed by atoms with Crippen LogP contribution >= 0.6 is 0 Å². The molecule has 0 aromatic carbocycles. The molecule has 7 heteroatoms. The summed E-state index contributed by atoms with van der Waals surface area (Å²) in [5.74, 6) is 1.57. The number of fused-ring (bicyclic) bond motifs is 2. The molecule has 7 nitrogen and oxygen atoms in total. The Morgan fingerprint density at radius 3 is 2.54 bits per heavy atom. The van der Waals surface area contributed by atoms with Crippen molar-refractivity contribution in [2.75, 3.05) is 29.1 Å². The molecule has 0 atom stereocenters. The summed E-state index contributed by atoms with van der Waals surface area (Å²) in [7, 11) is 1.76. The number of nitrogen functional groups attached to an aromatic ring is 1. The number of anilines is 4. The SMILES string of the molecule is CCN1c2ncc(CCc3ccncc3)cc2C(=O)N(C)c2ccc(N)nc21. The Bertz CT molecular complexity index is 1020. The molecule has 1 aliphatic rings. The van der Waals surface area contributed by atoms with Crippen LogP contribution in [0.2, 0.25) is 0 Å². The Kier molecular flexibility index (Phi) is 4.65. The van der Waals surface area contributed by atoms with E-state index in [1.165, 1.54) is 5.56 Å². The summed E-state index contributed by atoms with van der Waals surface area (Å²) >= 11 is 0. The topological polar surface area (TPSA) is 88.2 Å². The van der Waals surface area contributed by atoms with Gasteiger partial charge in [0, 0.05) is 32.2 Å². The van der Waals surface area contributed by atoms with E-state index in [9.17, 15) is 4.79 Å². The van der Waals surface area contributed by atoms with E-state index < -0.39 is 0 Å². The minimum absolute atomic E-state index is 0.1000. The van der Waals surface area contributed by atoms with Crippen LogP contribution in [0.5, 0.6) is 0 Å². The van der Waals surface area contributed by atoms with E-state index in [0.717, 1.165) is 24.1 Å². The lowest BCUT2D eigenvalue weighted by Crippen LogP contribution is -2.25. The number of rotatable bonds is 4. The van der Waals surface area contributed by atoms with Crippen LogP contribution in [0.25, 0.3) is 0 Å². The van der Waals surface area contributed by atoms with Crippen molar-refractivity contribution >= 4 is 29.0 Å². The number of nitrogens with two attached hydrogens (primary N) is 1. The molecule has 28 heavy (non-hydrogen) atoms. The molecule has 0 unspecified atom stereocenters. The highest BCUT2D eigenvalue weighted by molar-refractivity contribution is 6.12. The fourth-order valence-corrected chi connectivity index (χ4v) is 3.45. The van der Waals surface area contributed by atoms with Crippen molar-refractivity contribution in [2.24, 2.45) is 0 Å². The highest BCUT2D eigenvalue weighted by atomic mass is 16.2. The highest BCUT2D eigenvalue weighted by Crippen LogP contribution is 2.38. The molecule has 4 heterocycles. The van der Waals surface area contributed by atoms with Crippen molar-refractivity contribution < 1.29 is 4.79 Å². The molecule has 1 amide bonds. The fraction of sp³-hybridized carbons (Fsp3) is 0.238. The number of carbonyl (C=O) groups excluding carboxylic acids is 1.